The van der Waals surface area contributed by atoms with Crippen LogP contribution in [0.15, 0.2) is 41.5 Å². The van der Waals surface area contributed by atoms with Crippen LogP contribution in [0.3, 0.4) is 0 Å². The molecule has 1 aromatic rings. The van der Waals surface area contributed by atoms with Crippen molar-refractivity contribution in [2.75, 3.05) is 13.7 Å². The van der Waals surface area contributed by atoms with Gasteiger partial charge in [0.2, 0.25) is 0 Å². The fourth-order valence-electron chi connectivity index (χ4n) is 9.69. The van der Waals surface area contributed by atoms with Gasteiger partial charge in [0.15, 0.2) is 23.8 Å². The van der Waals surface area contributed by atoms with E-state index >= 15 is 4.79 Å². The number of methoxy groups -OCH3 is 1. The normalized spacial score (nSPS) is 34.1. The summed E-state index contributed by atoms with van der Waals surface area (Å²) in [6.07, 6.45) is -8.32. The summed E-state index contributed by atoms with van der Waals surface area (Å²) in [5.74, 6) is -3.21. The summed E-state index contributed by atoms with van der Waals surface area (Å²) in [4.78, 5) is 54.9. The number of rotatable bonds is 11. The molecule has 1 aromatic carbocycles. The number of alkyl carbamates (subject to hydrolysis) is 1. The van der Waals surface area contributed by atoms with E-state index in [0.29, 0.717) is 23.1 Å². The van der Waals surface area contributed by atoms with Crippen molar-refractivity contribution in [2.24, 2.45) is 22.7 Å². The molecule has 2 bridgehead atoms. The first-order chi connectivity index (χ1) is 25.9. The molecular weight excluding hydrogens is 726 g/mol. The molecule has 56 heavy (non-hydrogen) atoms. The van der Waals surface area contributed by atoms with Crippen LogP contribution in [0.2, 0.25) is 0 Å². The van der Waals surface area contributed by atoms with E-state index in [-0.39, 0.29) is 37.6 Å². The lowest BCUT2D eigenvalue weighted by atomic mass is 9.45. The number of hydrogen-bond acceptors (Lipinski definition) is 13. The number of aliphatic hydroxyl groups excluding tert-OH is 2. The third kappa shape index (κ3) is 7.77. The smallest absolute Gasteiger partial charge is 0.407 e. The minimum atomic E-state index is -2.06. The molecule has 0 spiro atoms. The van der Waals surface area contributed by atoms with Gasteiger partial charge in [-0.25, -0.2) is 9.59 Å². The molecule has 1 saturated heterocycles. The van der Waals surface area contributed by atoms with E-state index in [1.165, 1.54) is 14.0 Å². The van der Waals surface area contributed by atoms with Crippen molar-refractivity contribution in [3.63, 3.8) is 0 Å². The average molecular weight is 788 g/mol. The molecule has 0 aromatic heterocycles. The van der Waals surface area contributed by atoms with Crippen LogP contribution in [0, 0.1) is 22.7 Å². The molecule has 11 atom stereocenters. The summed E-state index contributed by atoms with van der Waals surface area (Å²) in [6.45, 7) is 16.9. The van der Waals surface area contributed by atoms with Crippen molar-refractivity contribution in [2.45, 2.75) is 155 Å². The van der Waals surface area contributed by atoms with E-state index in [1.807, 2.05) is 13.8 Å². The Bertz CT molecular complexity index is 1690. The Hall–Kier alpha value is -3.40. The highest BCUT2D eigenvalue weighted by molar-refractivity contribution is 5.93. The monoisotopic (exact) mass is 787 g/mol. The summed E-state index contributed by atoms with van der Waals surface area (Å²) < 4.78 is 36.3. The van der Waals surface area contributed by atoms with E-state index < -0.39 is 94.4 Å². The van der Waals surface area contributed by atoms with Crippen LogP contribution >= 0.6 is 0 Å². The Morgan fingerprint density at radius 1 is 1.07 bits per heavy atom. The molecule has 1 amide bonds. The number of nitrogens with one attached hydrogen (secondary N) is 1. The highest BCUT2D eigenvalue weighted by Gasteiger charge is 2.75. The van der Waals surface area contributed by atoms with Gasteiger partial charge in [-0.05, 0) is 64.0 Å². The van der Waals surface area contributed by atoms with Crippen molar-refractivity contribution >= 4 is 23.8 Å². The number of esters is 2. The minimum Gasteiger partial charge on any atom is -0.456 e. The quantitative estimate of drug-likeness (QED) is 0.106. The van der Waals surface area contributed by atoms with Crippen LogP contribution in [0.5, 0.6) is 0 Å². The third-order valence-electron chi connectivity index (χ3n) is 12.4. The van der Waals surface area contributed by atoms with Gasteiger partial charge in [-0.15, -0.1) is 0 Å². The van der Waals surface area contributed by atoms with E-state index in [2.05, 4.69) is 5.32 Å². The van der Waals surface area contributed by atoms with E-state index in [0.717, 1.165) is 0 Å². The zero-order valence-corrected chi connectivity index (χ0v) is 34.5. The van der Waals surface area contributed by atoms with Crippen molar-refractivity contribution < 1.29 is 62.9 Å². The number of hydrogen-bond donors (Lipinski definition) is 4. The van der Waals surface area contributed by atoms with Gasteiger partial charge in [0.05, 0.1) is 18.8 Å². The fourth-order valence-corrected chi connectivity index (χ4v) is 9.69. The maximum atomic E-state index is 15.2. The van der Waals surface area contributed by atoms with Crippen LogP contribution in [-0.2, 0) is 42.8 Å². The molecule has 1 aliphatic heterocycles. The molecule has 14 heteroatoms. The van der Waals surface area contributed by atoms with Gasteiger partial charge in [-0.3, -0.25) is 9.59 Å². The summed E-state index contributed by atoms with van der Waals surface area (Å²) in [5, 5.41) is 39.4. The minimum absolute atomic E-state index is 0.0554. The standard InChI is InChI=1S/C42H61NO13/c1-22(2)19-26(43-37(49)56-38(5,6)7)30(45)36(48)53-27-20-42(50)34(54-35(47)25-15-13-12-14-16-25)32-40(10,18-17-28-41(32,21-52-28)55-24(4)44)33(46)31(51-11)29(23(27)3)39(42,8)9/h12-16,22,26-28,30-32,34-35,45,47,50H,17-21H2,1-11H3,(H,43,49)/t26-,27-,28+,30+,31+,32-,34-,35?,40+,41-,42+/m0/s1. The highest BCUT2D eigenvalue weighted by atomic mass is 16.6. The zero-order chi connectivity index (χ0) is 41.8. The Balaban J connectivity index is 1.66. The van der Waals surface area contributed by atoms with Crippen LogP contribution in [0.25, 0.3) is 0 Å². The lowest BCUT2D eigenvalue weighted by Crippen LogP contribution is -2.79. The molecule has 0 radical (unpaired) electrons. The molecule has 312 valence electrons. The summed E-state index contributed by atoms with van der Waals surface area (Å²) in [6, 6.07) is 7.45. The number of carbonyl (C=O) groups excluding carboxylic acids is 4. The predicted molar refractivity (Wildman–Crippen MR) is 202 cm³/mol. The molecule has 3 fully saturated rings. The van der Waals surface area contributed by atoms with Crippen LogP contribution in [0.1, 0.15) is 107 Å². The van der Waals surface area contributed by atoms with Gasteiger partial charge in [0.25, 0.3) is 0 Å². The summed E-state index contributed by atoms with van der Waals surface area (Å²) >= 11 is 0. The number of fused-ring (bicyclic) bond motifs is 5. The Labute approximate surface area is 329 Å². The zero-order valence-electron chi connectivity index (χ0n) is 34.5. The predicted octanol–water partition coefficient (Wildman–Crippen LogP) is 4.47. The van der Waals surface area contributed by atoms with Gasteiger partial charge in [-0.1, -0.05) is 65.0 Å². The molecule has 3 aliphatic carbocycles. The van der Waals surface area contributed by atoms with E-state index in [1.54, 1.807) is 78.8 Å². The first-order valence-corrected chi connectivity index (χ1v) is 19.5. The number of benzene rings is 1. The molecule has 4 N–H and O–H groups in total. The molecule has 2 saturated carbocycles. The average Bonchev–Trinajstić information content (AvgIpc) is 3.08. The van der Waals surface area contributed by atoms with Crippen LogP contribution < -0.4 is 5.32 Å². The van der Waals surface area contributed by atoms with Gasteiger partial charge in [-0.2, -0.15) is 0 Å². The number of aliphatic hydroxyl groups is 3. The number of amides is 1. The highest BCUT2D eigenvalue weighted by Crippen LogP contribution is 2.64. The summed E-state index contributed by atoms with van der Waals surface area (Å²) in [7, 11) is 1.39. The van der Waals surface area contributed by atoms with Crippen molar-refractivity contribution in [3.8, 4) is 0 Å². The Morgan fingerprint density at radius 3 is 2.25 bits per heavy atom. The van der Waals surface area contributed by atoms with E-state index in [9.17, 15) is 29.7 Å². The lowest BCUT2D eigenvalue weighted by Gasteiger charge is -2.67. The molecule has 5 rings (SSSR count). The molecule has 1 heterocycles. The maximum absolute atomic E-state index is 15.2. The second-order valence-corrected chi connectivity index (χ2v) is 18.2. The third-order valence-corrected chi connectivity index (χ3v) is 12.4. The second kappa shape index (κ2) is 15.7. The van der Waals surface area contributed by atoms with Gasteiger partial charge >= 0.3 is 18.0 Å². The van der Waals surface area contributed by atoms with Crippen LogP contribution in [0.4, 0.5) is 4.79 Å². The molecular formula is C42H61NO13. The number of ketones is 1. The number of carbonyl (C=O) groups is 4. The SMILES string of the molecule is CO[C@H]1C(=O)[C@]2(C)CC[C@H]3OC[C@@]3(OC(C)=O)[C@H]2[C@H](OC(O)c2ccccc2)[C@]2(O)C[C@H](OC(=O)[C@H](O)[C@H](CC(C)C)NC(=O)OC(C)(C)C)C(C)=C1C2(C)C. The summed E-state index contributed by atoms with van der Waals surface area (Å²) in [5.41, 5.74) is -5.87. The van der Waals surface area contributed by atoms with E-state index in [4.69, 9.17) is 28.4 Å². The number of Topliss-reactive ketones (excluding diaryl/α,β-unsaturated/α-hetero) is 1. The fraction of sp³-hybridized carbons (Fsp3) is 0.714. The van der Waals surface area contributed by atoms with Gasteiger partial charge < -0.3 is 49.1 Å². The van der Waals surface area contributed by atoms with Crippen molar-refractivity contribution in [3.05, 3.63) is 47.0 Å². The first-order valence-electron chi connectivity index (χ1n) is 19.5. The van der Waals surface area contributed by atoms with Crippen molar-refractivity contribution in [1.29, 1.82) is 0 Å². The molecule has 1 unspecified atom stereocenters. The lowest BCUT2D eigenvalue weighted by molar-refractivity contribution is -0.350. The largest absolute Gasteiger partial charge is 0.456 e. The maximum Gasteiger partial charge on any atom is 0.407 e. The number of ether oxygens (including phenoxy) is 6. The Morgan fingerprint density at radius 2 is 1.71 bits per heavy atom. The molecule has 4 aliphatic rings. The molecule has 14 nitrogen and oxygen atoms in total. The van der Waals surface area contributed by atoms with Gasteiger partial charge in [0.1, 0.15) is 29.5 Å². The Kier molecular flexibility index (Phi) is 12.3. The van der Waals surface area contributed by atoms with Gasteiger partial charge in [0, 0.05) is 42.8 Å². The van der Waals surface area contributed by atoms with Crippen LogP contribution in [-0.4, -0.2) is 106 Å². The van der Waals surface area contributed by atoms with Crippen molar-refractivity contribution in [1.82, 2.24) is 5.32 Å². The second-order valence-electron chi connectivity index (χ2n) is 18.2. The topological polar surface area (TPSA) is 196 Å². The first kappa shape index (κ1) is 43.7.